The molecule has 1 aliphatic rings. The van der Waals surface area contributed by atoms with E-state index in [2.05, 4.69) is 0 Å². The van der Waals surface area contributed by atoms with Gasteiger partial charge in [-0.05, 0) is 24.1 Å². The Balaban J connectivity index is 2.46. The highest BCUT2D eigenvalue weighted by Gasteiger charge is 2.17. The molecule has 0 fully saturated rings. The van der Waals surface area contributed by atoms with Crippen molar-refractivity contribution in [2.75, 3.05) is 5.75 Å². The quantitative estimate of drug-likeness (QED) is 0.695. The number of halogens is 1. The summed E-state index contributed by atoms with van der Waals surface area (Å²) in [5.41, 5.74) is 1.02. The smallest absolute Gasteiger partial charge is 0.0808 e. The Kier molecular flexibility index (Phi) is 2.31. The Hall–Kier alpha value is -0.180. The molecule has 0 amide bonds. The molecule has 0 spiro atoms. The molecule has 2 rings (SSSR count). The van der Waals surface area contributed by atoms with Crippen LogP contribution in [0, 0.1) is 0 Å². The maximum absolute atomic E-state index is 9.60. The molecular weight excluding hydrogens is 192 g/mol. The lowest BCUT2D eigenvalue weighted by Crippen LogP contribution is -2.05. The van der Waals surface area contributed by atoms with Gasteiger partial charge in [0.2, 0.25) is 0 Å². The zero-order valence-electron chi connectivity index (χ0n) is 6.46. The van der Waals surface area contributed by atoms with Gasteiger partial charge in [-0.3, -0.25) is 0 Å². The molecule has 0 saturated carbocycles. The van der Waals surface area contributed by atoms with Crippen LogP contribution in [0.1, 0.15) is 18.1 Å². The van der Waals surface area contributed by atoms with Gasteiger partial charge in [-0.2, -0.15) is 0 Å². The monoisotopic (exact) mass is 200 g/mol. The lowest BCUT2D eigenvalue weighted by atomic mass is 10.1. The number of hydrogen-bond donors (Lipinski definition) is 1. The SMILES string of the molecule is OC1CCSc2cc(Cl)ccc21. The predicted octanol–water partition coefficient (Wildman–Crippen LogP) is 2.87. The topological polar surface area (TPSA) is 20.2 Å². The molecule has 0 aromatic heterocycles. The first-order valence-electron chi connectivity index (χ1n) is 3.87. The summed E-state index contributed by atoms with van der Waals surface area (Å²) in [5.74, 6) is 0.981. The standard InChI is InChI=1S/C9H9ClOS/c10-6-1-2-7-8(11)3-4-12-9(7)5-6/h1-2,5,8,11H,3-4H2. The fourth-order valence-electron chi connectivity index (χ4n) is 1.34. The number of benzene rings is 1. The van der Waals surface area contributed by atoms with Gasteiger partial charge in [0.15, 0.2) is 0 Å². The number of aliphatic hydroxyl groups is 1. The van der Waals surface area contributed by atoms with Gasteiger partial charge in [-0.1, -0.05) is 17.7 Å². The molecule has 1 aromatic carbocycles. The molecule has 3 heteroatoms. The summed E-state index contributed by atoms with van der Waals surface area (Å²) in [6.07, 6.45) is 0.553. The fraction of sp³-hybridized carbons (Fsp3) is 0.333. The molecule has 0 bridgehead atoms. The molecule has 1 aromatic rings. The van der Waals surface area contributed by atoms with Crippen molar-refractivity contribution in [2.45, 2.75) is 17.4 Å². The molecule has 1 unspecified atom stereocenters. The van der Waals surface area contributed by atoms with Crippen LogP contribution in [0.5, 0.6) is 0 Å². The largest absolute Gasteiger partial charge is 0.388 e. The summed E-state index contributed by atoms with van der Waals surface area (Å²) in [4.78, 5) is 1.13. The van der Waals surface area contributed by atoms with Gasteiger partial charge in [0.25, 0.3) is 0 Å². The van der Waals surface area contributed by atoms with E-state index in [0.717, 1.165) is 27.7 Å². The van der Waals surface area contributed by atoms with Gasteiger partial charge in [0.05, 0.1) is 6.10 Å². The van der Waals surface area contributed by atoms with Gasteiger partial charge in [-0.25, -0.2) is 0 Å². The van der Waals surface area contributed by atoms with Crippen molar-refractivity contribution in [1.29, 1.82) is 0 Å². The van der Waals surface area contributed by atoms with E-state index in [4.69, 9.17) is 11.6 Å². The summed E-state index contributed by atoms with van der Waals surface area (Å²) in [6, 6.07) is 5.66. The zero-order valence-corrected chi connectivity index (χ0v) is 8.03. The molecule has 1 heterocycles. The van der Waals surface area contributed by atoms with Crippen molar-refractivity contribution < 1.29 is 5.11 Å². The average molecular weight is 201 g/mol. The summed E-state index contributed by atoms with van der Waals surface area (Å²) in [7, 11) is 0. The van der Waals surface area contributed by atoms with Crippen LogP contribution >= 0.6 is 23.4 Å². The number of rotatable bonds is 0. The minimum absolute atomic E-state index is 0.293. The van der Waals surface area contributed by atoms with Crippen molar-refractivity contribution in [1.82, 2.24) is 0 Å². The van der Waals surface area contributed by atoms with E-state index >= 15 is 0 Å². The van der Waals surface area contributed by atoms with Gasteiger partial charge >= 0.3 is 0 Å². The molecule has 0 radical (unpaired) electrons. The number of aliphatic hydroxyl groups excluding tert-OH is 1. The Bertz CT molecular complexity index is 301. The molecule has 1 atom stereocenters. The summed E-state index contributed by atoms with van der Waals surface area (Å²) >= 11 is 7.59. The molecule has 64 valence electrons. The molecule has 1 N–H and O–H groups in total. The summed E-state index contributed by atoms with van der Waals surface area (Å²) in [6.45, 7) is 0. The third-order valence-corrected chi connectivity index (χ3v) is 3.32. The van der Waals surface area contributed by atoms with Crippen LogP contribution in [-0.2, 0) is 0 Å². The van der Waals surface area contributed by atoms with Gasteiger partial charge in [-0.15, -0.1) is 11.8 Å². The van der Waals surface area contributed by atoms with E-state index in [1.807, 2.05) is 18.2 Å². The minimum Gasteiger partial charge on any atom is -0.388 e. The second-order valence-electron chi connectivity index (χ2n) is 2.84. The van der Waals surface area contributed by atoms with E-state index in [9.17, 15) is 5.11 Å². The highest BCUT2D eigenvalue weighted by Crippen LogP contribution is 2.37. The van der Waals surface area contributed by atoms with Crippen LogP contribution in [-0.4, -0.2) is 10.9 Å². The van der Waals surface area contributed by atoms with Crippen molar-refractivity contribution in [3.8, 4) is 0 Å². The van der Waals surface area contributed by atoms with Crippen LogP contribution in [0.2, 0.25) is 5.02 Å². The first kappa shape index (κ1) is 8.42. The van der Waals surface area contributed by atoms with Crippen LogP contribution in [0.4, 0.5) is 0 Å². The molecule has 1 nitrogen and oxygen atoms in total. The van der Waals surface area contributed by atoms with Crippen LogP contribution in [0.25, 0.3) is 0 Å². The average Bonchev–Trinajstić information content (AvgIpc) is 2.04. The van der Waals surface area contributed by atoms with Gasteiger partial charge in [0.1, 0.15) is 0 Å². The van der Waals surface area contributed by atoms with E-state index in [0.29, 0.717) is 0 Å². The maximum Gasteiger partial charge on any atom is 0.0808 e. The number of fused-ring (bicyclic) bond motifs is 1. The van der Waals surface area contributed by atoms with Crippen molar-refractivity contribution >= 4 is 23.4 Å². The van der Waals surface area contributed by atoms with Crippen molar-refractivity contribution in [3.05, 3.63) is 28.8 Å². The first-order chi connectivity index (χ1) is 5.77. The Morgan fingerprint density at radius 1 is 1.50 bits per heavy atom. The first-order valence-corrected chi connectivity index (χ1v) is 5.24. The van der Waals surface area contributed by atoms with Crippen LogP contribution in [0.15, 0.2) is 23.1 Å². The van der Waals surface area contributed by atoms with E-state index < -0.39 is 0 Å². The second-order valence-corrected chi connectivity index (χ2v) is 4.41. The van der Waals surface area contributed by atoms with Crippen LogP contribution in [0.3, 0.4) is 0 Å². The third kappa shape index (κ3) is 1.47. The number of hydrogen-bond acceptors (Lipinski definition) is 2. The molecule has 12 heavy (non-hydrogen) atoms. The Morgan fingerprint density at radius 2 is 2.33 bits per heavy atom. The highest BCUT2D eigenvalue weighted by atomic mass is 35.5. The van der Waals surface area contributed by atoms with E-state index in [-0.39, 0.29) is 6.10 Å². The number of thioether (sulfide) groups is 1. The lowest BCUT2D eigenvalue weighted by molar-refractivity contribution is 0.170. The minimum atomic E-state index is -0.293. The molecular formula is C9H9ClOS. The van der Waals surface area contributed by atoms with E-state index in [1.54, 1.807) is 11.8 Å². The summed E-state index contributed by atoms with van der Waals surface area (Å²) < 4.78 is 0. The van der Waals surface area contributed by atoms with Crippen molar-refractivity contribution in [3.63, 3.8) is 0 Å². The molecule has 0 aliphatic carbocycles. The third-order valence-electron chi connectivity index (χ3n) is 1.98. The van der Waals surface area contributed by atoms with Gasteiger partial charge in [0, 0.05) is 15.7 Å². The van der Waals surface area contributed by atoms with E-state index in [1.165, 1.54) is 0 Å². The van der Waals surface area contributed by atoms with Crippen molar-refractivity contribution in [2.24, 2.45) is 0 Å². The zero-order chi connectivity index (χ0) is 8.55. The summed E-state index contributed by atoms with van der Waals surface area (Å²) in [5, 5.41) is 10.3. The normalized spacial score (nSPS) is 22.0. The fourth-order valence-corrected chi connectivity index (χ4v) is 2.72. The highest BCUT2D eigenvalue weighted by molar-refractivity contribution is 7.99. The molecule has 1 aliphatic heterocycles. The predicted molar refractivity (Wildman–Crippen MR) is 51.8 cm³/mol. The lowest BCUT2D eigenvalue weighted by Gasteiger charge is -2.20. The maximum atomic E-state index is 9.60. The van der Waals surface area contributed by atoms with Crippen LogP contribution < -0.4 is 0 Å². The Labute approximate surface area is 80.7 Å². The molecule has 0 saturated heterocycles. The van der Waals surface area contributed by atoms with Gasteiger partial charge < -0.3 is 5.11 Å². The Morgan fingerprint density at radius 3 is 3.17 bits per heavy atom. The second kappa shape index (κ2) is 3.29.